The van der Waals surface area contributed by atoms with E-state index in [0.717, 1.165) is 0 Å². The Hall–Kier alpha value is -2.54. The summed E-state index contributed by atoms with van der Waals surface area (Å²) < 4.78 is 38.6. The zero-order valence-corrected chi connectivity index (χ0v) is 12.7. The number of carbonyl (C=O) groups is 1. The SMILES string of the molecule is COc1cc(C)c(F)c(C(=O)c2cc3nc(Cl)ncc3o2)c1F. The second-order valence-corrected chi connectivity index (χ2v) is 5.07. The number of nitrogens with zero attached hydrogens (tertiary/aromatic N) is 2. The van der Waals surface area contributed by atoms with Gasteiger partial charge in [0.15, 0.2) is 22.9 Å². The third kappa shape index (κ3) is 2.53. The monoisotopic (exact) mass is 338 g/mol. The molecule has 0 radical (unpaired) electrons. The smallest absolute Gasteiger partial charge is 0.234 e. The van der Waals surface area contributed by atoms with Crippen LogP contribution in [0.25, 0.3) is 11.1 Å². The number of furan rings is 1. The molecule has 2 heterocycles. The minimum atomic E-state index is -1.09. The van der Waals surface area contributed by atoms with Crippen LogP contribution in [0.1, 0.15) is 21.7 Å². The number of rotatable bonds is 3. The van der Waals surface area contributed by atoms with Crippen LogP contribution in [-0.2, 0) is 0 Å². The van der Waals surface area contributed by atoms with Crippen LogP contribution >= 0.6 is 11.6 Å². The predicted molar refractivity (Wildman–Crippen MR) is 77.9 cm³/mol. The lowest BCUT2D eigenvalue weighted by Crippen LogP contribution is -2.09. The molecule has 0 atom stereocenters. The molecule has 23 heavy (non-hydrogen) atoms. The Morgan fingerprint density at radius 2 is 2.04 bits per heavy atom. The summed E-state index contributed by atoms with van der Waals surface area (Å²) in [6, 6.07) is 2.42. The maximum Gasteiger partial charge on any atom is 0.234 e. The molecule has 0 aliphatic rings. The first kappa shape index (κ1) is 15.4. The van der Waals surface area contributed by atoms with Crippen molar-refractivity contribution >= 4 is 28.5 Å². The van der Waals surface area contributed by atoms with E-state index in [4.69, 9.17) is 20.8 Å². The Labute approximate surface area is 133 Å². The maximum absolute atomic E-state index is 14.3. The van der Waals surface area contributed by atoms with Gasteiger partial charge >= 0.3 is 0 Å². The third-order valence-electron chi connectivity index (χ3n) is 3.26. The van der Waals surface area contributed by atoms with Gasteiger partial charge in [-0.05, 0) is 30.2 Å². The zero-order valence-electron chi connectivity index (χ0n) is 12.0. The number of ketones is 1. The standard InChI is InChI=1S/C15H9ClF2N2O3/c1-6-3-8(22-2)13(18)11(12(6)17)14(21)9-4-7-10(23-9)5-19-15(16)20-7/h3-5H,1-2H3. The van der Waals surface area contributed by atoms with E-state index in [-0.39, 0.29) is 33.5 Å². The largest absolute Gasteiger partial charge is 0.494 e. The van der Waals surface area contributed by atoms with Gasteiger partial charge in [0.2, 0.25) is 11.1 Å². The molecule has 3 rings (SSSR count). The number of fused-ring (bicyclic) bond motifs is 1. The molecule has 0 aliphatic heterocycles. The van der Waals surface area contributed by atoms with E-state index in [0.29, 0.717) is 0 Å². The molecular formula is C15H9ClF2N2O3. The van der Waals surface area contributed by atoms with Crippen LogP contribution in [0.4, 0.5) is 8.78 Å². The highest BCUT2D eigenvalue weighted by Crippen LogP contribution is 2.29. The second kappa shape index (κ2) is 5.58. The van der Waals surface area contributed by atoms with Crippen molar-refractivity contribution in [1.29, 1.82) is 0 Å². The molecule has 0 aliphatic carbocycles. The first-order valence-electron chi connectivity index (χ1n) is 6.41. The Morgan fingerprint density at radius 3 is 2.74 bits per heavy atom. The van der Waals surface area contributed by atoms with Crippen molar-refractivity contribution in [3.8, 4) is 5.75 Å². The van der Waals surface area contributed by atoms with Crippen LogP contribution < -0.4 is 4.74 Å². The number of aromatic nitrogens is 2. The number of benzene rings is 1. The first-order valence-corrected chi connectivity index (χ1v) is 6.79. The summed E-state index contributed by atoms with van der Waals surface area (Å²) in [6.45, 7) is 1.40. The van der Waals surface area contributed by atoms with Crippen molar-refractivity contribution in [1.82, 2.24) is 9.97 Å². The van der Waals surface area contributed by atoms with E-state index in [1.165, 1.54) is 32.4 Å². The molecule has 3 aromatic rings. The summed E-state index contributed by atoms with van der Waals surface area (Å²) in [5.41, 5.74) is -0.238. The molecule has 5 nitrogen and oxygen atoms in total. The summed E-state index contributed by atoms with van der Waals surface area (Å²) in [5.74, 6) is -3.53. The van der Waals surface area contributed by atoms with Crippen LogP contribution in [0.2, 0.25) is 5.28 Å². The zero-order chi connectivity index (χ0) is 16.7. The molecule has 0 spiro atoms. The number of halogens is 3. The van der Waals surface area contributed by atoms with Crippen molar-refractivity contribution in [2.75, 3.05) is 7.11 Å². The molecular weight excluding hydrogens is 330 g/mol. The Bertz CT molecular complexity index is 940. The van der Waals surface area contributed by atoms with Crippen molar-refractivity contribution in [3.05, 3.63) is 52.1 Å². The fraction of sp³-hybridized carbons (Fsp3) is 0.133. The summed E-state index contributed by atoms with van der Waals surface area (Å²) in [7, 11) is 1.22. The lowest BCUT2D eigenvalue weighted by atomic mass is 10.0. The van der Waals surface area contributed by atoms with Gasteiger partial charge in [-0.1, -0.05) is 0 Å². The molecule has 0 unspecified atom stereocenters. The summed E-state index contributed by atoms with van der Waals surface area (Å²) in [4.78, 5) is 20.0. The average molecular weight is 339 g/mol. The maximum atomic E-state index is 14.3. The second-order valence-electron chi connectivity index (χ2n) is 4.73. The lowest BCUT2D eigenvalue weighted by Gasteiger charge is -2.09. The highest BCUT2D eigenvalue weighted by molar-refractivity contribution is 6.28. The minimum Gasteiger partial charge on any atom is -0.494 e. The molecule has 2 aromatic heterocycles. The van der Waals surface area contributed by atoms with Gasteiger partial charge in [0, 0.05) is 6.07 Å². The summed E-state index contributed by atoms with van der Waals surface area (Å²) >= 11 is 5.65. The van der Waals surface area contributed by atoms with Gasteiger partial charge in [0.25, 0.3) is 0 Å². The lowest BCUT2D eigenvalue weighted by molar-refractivity contribution is 0.100. The van der Waals surface area contributed by atoms with Gasteiger partial charge in [-0.3, -0.25) is 4.79 Å². The van der Waals surface area contributed by atoms with E-state index in [2.05, 4.69) is 9.97 Å². The van der Waals surface area contributed by atoms with Gasteiger partial charge in [-0.25, -0.2) is 18.7 Å². The van der Waals surface area contributed by atoms with Gasteiger partial charge in [-0.15, -0.1) is 0 Å². The van der Waals surface area contributed by atoms with E-state index in [9.17, 15) is 13.6 Å². The fourth-order valence-electron chi connectivity index (χ4n) is 2.14. The van der Waals surface area contributed by atoms with E-state index in [1.807, 2.05) is 0 Å². The van der Waals surface area contributed by atoms with Crippen molar-refractivity contribution in [2.24, 2.45) is 0 Å². The topological polar surface area (TPSA) is 65.2 Å². The van der Waals surface area contributed by atoms with Crippen LogP contribution in [0.15, 0.2) is 22.7 Å². The highest BCUT2D eigenvalue weighted by Gasteiger charge is 2.27. The number of aryl methyl sites for hydroxylation is 1. The molecule has 1 aromatic carbocycles. The van der Waals surface area contributed by atoms with E-state index >= 15 is 0 Å². The normalized spacial score (nSPS) is 11.0. The Balaban J connectivity index is 2.17. The average Bonchev–Trinajstić information content (AvgIpc) is 2.94. The first-order chi connectivity index (χ1) is 10.9. The number of methoxy groups -OCH3 is 1. The molecule has 118 valence electrons. The van der Waals surface area contributed by atoms with E-state index in [1.54, 1.807) is 0 Å². The summed E-state index contributed by atoms with van der Waals surface area (Å²) in [5, 5.41) is -0.0353. The van der Waals surface area contributed by atoms with Gasteiger partial charge in [0.1, 0.15) is 16.9 Å². The quantitative estimate of drug-likeness (QED) is 0.538. The molecule has 0 N–H and O–H groups in total. The molecule has 0 amide bonds. The van der Waals surface area contributed by atoms with Crippen LogP contribution in [0, 0.1) is 18.6 Å². The predicted octanol–water partition coefficient (Wildman–Crippen LogP) is 3.70. The Kier molecular flexibility index (Phi) is 3.73. The van der Waals surface area contributed by atoms with Crippen LogP contribution in [0.5, 0.6) is 5.75 Å². The van der Waals surface area contributed by atoms with E-state index < -0.39 is 23.0 Å². The molecule has 0 fully saturated rings. The van der Waals surface area contributed by atoms with Gasteiger partial charge in [-0.2, -0.15) is 0 Å². The van der Waals surface area contributed by atoms with Crippen LogP contribution in [0.3, 0.4) is 0 Å². The molecule has 8 heteroatoms. The Morgan fingerprint density at radius 1 is 1.30 bits per heavy atom. The molecule has 0 bridgehead atoms. The van der Waals surface area contributed by atoms with Crippen molar-refractivity contribution < 1.29 is 22.7 Å². The fourth-order valence-corrected chi connectivity index (χ4v) is 2.28. The minimum absolute atomic E-state index is 0.0353. The number of ether oxygens (including phenoxy) is 1. The third-order valence-corrected chi connectivity index (χ3v) is 3.44. The van der Waals surface area contributed by atoms with Crippen molar-refractivity contribution in [2.45, 2.75) is 6.92 Å². The number of carbonyl (C=O) groups excluding carboxylic acids is 1. The molecule has 0 saturated carbocycles. The number of hydrogen-bond donors (Lipinski definition) is 0. The molecule has 0 saturated heterocycles. The van der Waals surface area contributed by atoms with Crippen LogP contribution in [-0.4, -0.2) is 22.9 Å². The van der Waals surface area contributed by atoms with Gasteiger partial charge in [0.05, 0.1) is 13.3 Å². The highest BCUT2D eigenvalue weighted by atomic mass is 35.5. The van der Waals surface area contributed by atoms with Crippen molar-refractivity contribution in [3.63, 3.8) is 0 Å². The summed E-state index contributed by atoms with van der Waals surface area (Å²) in [6.07, 6.45) is 1.27. The number of hydrogen-bond acceptors (Lipinski definition) is 5. The van der Waals surface area contributed by atoms with Gasteiger partial charge < -0.3 is 9.15 Å².